The molecule has 1 heterocycles. The Morgan fingerprint density at radius 2 is 1.74 bits per heavy atom. The third-order valence-corrected chi connectivity index (χ3v) is 6.14. The SMILES string of the molecule is CCC(c1ccc(OC)c(OC)c1)C1CNCCN1CCCCc1ccccc1.Cl.Cl. The number of rotatable bonds is 10. The Morgan fingerprint density at radius 1 is 1.00 bits per heavy atom. The number of nitrogens with zero attached hydrogens (tertiary/aromatic N) is 1. The standard InChI is InChI=1S/C25H36N2O2.2ClH/c1-4-22(21-13-14-24(28-2)25(18-21)29-3)23-19-26-15-17-27(23)16-9-8-12-20-10-6-5-7-11-20;;/h5-7,10-11,13-14,18,22-23,26H,4,8-9,12,15-17,19H2,1-3H3;2*1H. The van der Waals surface area contributed by atoms with E-state index in [4.69, 9.17) is 9.47 Å². The predicted molar refractivity (Wildman–Crippen MR) is 135 cm³/mol. The van der Waals surface area contributed by atoms with E-state index in [1.807, 2.05) is 6.07 Å². The van der Waals surface area contributed by atoms with Gasteiger partial charge in [-0.2, -0.15) is 0 Å². The number of hydrogen-bond acceptors (Lipinski definition) is 4. The van der Waals surface area contributed by atoms with Gasteiger partial charge in [-0.3, -0.25) is 4.90 Å². The van der Waals surface area contributed by atoms with Crippen molar-refractivity contribution in [1.82, 2.24) is 10.2 Å². The Morgan fingerprint density at radius 3 is 2.42 bits per heavy atom. The summed E-state index contributed by atoms with van der Waals surface area (Å²) >= 11 is 0. The zero-order chi connectivity index (χ0) is 20.5. The number of hydrogen-bond donors (Lipinski definition) is 1. The van der Waals surface area contributed by atoms with Crippen molar-refractivity contribution in [3.63, 3.8) is 0 Å². The zero-order valence-electron chi connectivity index (χ0n) is 19.0. The Balaban J connectivity index is 0.00000240. The largest absolute Gasteiger partial charge is 0.493 e. The third kappa shape index (κ3) is 7.57. The van der Waals surface area contributed by atoms with Gasteiger partial charge < -0.3 is 14.8 Å². The van der Waals surface area contributed by atoms with Gasteiger partial charge in [0, 0.05) is 31.6 Å². The lowest BCUT2D eigenvalue weighted by molar-refractivity contribution is 0.133. The van der Waals surface area contributed by atoms with E-state index in [1.165, 1.54) is 36.9 Å². The molecular formula is C25H38Cl2N2O2. The first-order chi connectivity index (χ1) is 14.3. The highest BCUT2D eigenvalue weighted by Crippen LogP contribution is 2.34. The fourth-order valence-electron chi connectivity index (χ4n) is 4.54. The molecule has 4 nitrogen and oxygen atoms in total. The highest BCUT2D eigenvalue weighted by molar-refractivity contribution is 5.85. The van der Waals surface area contributed by atoms with Crippen LogP contribution in [0.15, 0.2) is 48.5 Å². The summed E-state index contributed by atoms with van der Waals surface area (Å²) in [6.45, 7) is 6.72. The molecule has 2 unspecified atom stereocenters. The lowest BCUT2D eigenvalue weighted by atomic mass is 9.86. The minimum Gasteiger partial charge on any atom is -0.493 e. The summed E-state index contributed by atoms with van der Waals surface area (Å²) in [4.78, 5) is 2.70. The maximum Gasteiger partial charge on any atom is 0.160 e. The minimum atomic E-state index is 0. The molecule has 0 aromatic heterocycles. The average Bonchev–Trinajstić information content (AvgIpc) is 2.78. The van der Waals surface area contributed by atoms with Crippen LogP contribution in [0.4, 0.5) is 0 Å². The molecule has 0 bridgehead atoms. The summed E-state index contributed by atoms with van der Waals surface area (Å²) in [7, 11) is 3.40. The molecule has 0 aliphatic carbocycles. The van der Waals surface area contributed by atoms with Gasteiger partial charge in [-0.05, 0) is 55.5 Å². The number of piperazine rings is 1. The first kappa shape index (κ1) is 27.6. The van der Waals surface area contributed by atoms with Gasteiger partial charge in [0.15, 0.2) is 11.5 Å². The van der Waals surface area contributed by atoms with Crippen molar-refractivity contribution in [2.75, 3.05) is 40.4 Å². The molecule has 1 fully saturated rings. The molecule has 1 saturated heterocycles. The summed E-state index contributed by atoms with van der Waals surface area (Å²) < 4.78 is 11.0. The molecule has 1 aliphatic rings. The summed E-state index contributed by atoms with van der Waals surface area (Å²) in [5.74, 6) is 2.10. The second-order valence-corrected chi connectivity index (χ2v) is 7.88. The number of benzene rings is 2. The Kier molecular flexibility index (Phi) is 13.0. The van der Waals surface area contributed by atoms with Gasteiger partial charge in [0.05, 0.1) is 14.2 Å². The van der Waals surface area contributed by atoms with Crippen LogP contribution in [0, 0.1) is 0 Å². The summed E-state index contributed by atoms with van der Waals surface area (Å²) in [5.41, 5.74) is 2.79. The van der Waals surface area contributed by atoms with Crippen LogP contribution in [-0.4, -0.2) is 51.3 Å². The van der Waals surface area contributed by atoms with Gasteiger partial charge in [0.2, 0.25) is 0 Å². The first-order valence-corrected chi connectivity index (χ1v) is 11.0. The zero-order valence-corrected chi connectivity index (χ0v) is 20.6. The molecule has 0 spiro atoms. The van der Waals surface area contributed by atoms with Crippen LogP contribution >= 0.6 is 24.8 Å². The minimum absolute atomic E-state index is 0. The molecule has 0 radical (unpaired) electrons. The van der Waals surface area contributed by atoms with Crippen molar-refractivity contribution in [2.45, 2.75) is 44.6 Å². The predicted octanol–water partition coefficient (Wildman–Crippen LogP) is 5.34. The molecule has 174 valence electrons. The fourth-order valence-corrected chi connectivity index (χ4v) is 4.54. The molecule has 0 amide bonds. The van der Waals surface area contributed by atoms with Crippen LogP contribution in [0.1, 0.15) is 43.2 Å². The highest BCUT2D eigenvalue weighted by atomic mass is 35.5. The van der Waals surface area contributed by atoms with E-state index in [-0.39, 0.29) is 24.8 Å². The monoisotopic (exact) mass is 468 g/mol. The molecule has 2 aromatic carbocycles. The fraction of sp³-hybridized carbons (Fsp3) is 0.520. The number of halogens is 2. The maximum atomic E-state index is 5.55. The maximum absolute atomic E-state index is 5.55. The Bertz CT molecular complexity index is 746. The van der Waals surface area contributed by atoms with Crippen LogP contribution < -0.4 is 14.8 Å². The van der Waals surface area contributed by atoms with Crippen molar-refractivity contribution < 1.29 is 9.47 Å². The van der Waals surface area contributed by atoms with Crippen LogP contribution in [0.2, 0.25) is 0 Å². The molecule has 6 heteroatoms. The van der Waals surface area contributed by atoms with Crippen LogP contribution in [-0.2, 0) is 6.42 Å². The lowest BCUT2D eigenvalue weighted by Gasteiger charge is -2.41. The van der Waals surface area contributed by atoms with E-state index in [2.05, 4.69) is 59.6 Å². The normalized spacial score (nSPS) is 17.2. The number of nitrogens with one attached hydrogen (secondary N) is 1. The van der Waals surface area contributed by atoms with Crippen molar-refractivity contribution in [2.24, 2.45) is 0 Å². The molecule has 3 rings (SSSR count). The molecule has 2 atom stereocenters. The van der Waals surface area contributed by atoms with E-state index in [0.717, 1.165) is 37.6 Å². The second kappa shape index (κ2) is 14.6. The van der Waals surface area contributed by atoms with Crippen molar-refractivity contribution in [3.05, 3.63) is 59.7 Å². The van der Waals surface area contributed by atoms with E-state index in [0.29, 0.717) is 12.0 Å². The van der Waals surface area contributed by atoms with Crippen LogP contribution in [0.3, 0.4) is 0 Å². The third-order valence-electron chi connectivity index (χ3n) is 6.14. The molecular weight excluding hydrogens is 431 g/mol. The van der Waals surface area contributed by atoms with Crippen LogP contribution in [0.5, 0.6) is 11.5 Å². The summed E-state index contributed by atoms with van der Waals surface area (Å²) in [6.07, 6.45) is 4.77. The van der Waals surface area contributed by atoms with Gasteiger partial charge in [-0.15, -0.1) is 24.8 Å². The topological polar surface area (TPSA) is 33.7 Å². The first-order valence-electron chi connectivity index (χ1n) is 11.0. The van der Waals surface area contributed by atoms with Crippen molar-refractivity contribution in [3.8, 4) is 11.5 Å². The molecule has 1 N–H and O–H groups in total. The molecule has 31 heavy (non-hydrogen) atoms. The molecule has 1 aliphatic heterocycles. The van der Waals surface area contributed by atoms with Crippen molar-refractivity contribution >= 4 is 24.8 Å². The summed E-state index contributed by atoms with van der Waals surface area (Å²) in [5, 5.41) is 3.62. The molecule has 2 aromatic rings. The van der Waals surface area contributed by atoms with Crippen LogP contribution in [0.25, 0.3) is 0 Å². The van der Waals surface area contributed by atoms with E-state index in [1.54, 1.807) is 14.2 Å². The van der Waals surface area contributed by atoms with Gasteiger partial charge in [0.1, 0.15) is 0 Å². The highest BCUT2D eigenvalue weighted by Gasteiger charge is 2.30. The number of methoxy groups -OCH3 is 2. The quantitative estimate of drug-likeness (QED) is 0.477. The molecule has 0 saturated carbocycles. The average molecular weight is 469 g/mol. The smallest absolute Gasteiger partial charge is 0.160 e. The lowest BCUT2D eigenvalue weighted by Crippen LogP contribution is -2.53. The van der Waals surface area contributed by atoms with Gasteiger partial charge >= 0.3 is 0 Å². The number of aryl methyl sites for hydroxylation is 1. The second-order valence-electron chi connectivity index (χ2n) is 7.88. The van der Waals surface area contributed by atoms with E-state index in [9.17, 15) is 0 Å². The Labute approximate surface area is 200 Å². The van der Waals surface area contributed by atoms with Gasteiger partial charge in [-0.1, -0.05) is 43.3 Å². The van der Waals surface area contributed by atoms with E-state index >= 15 is 0 Å². The number of unbranched alkanes of at least 4 members (excludes halogenated alkanes) is 1. The van der Waals surface area contributed by atoms with Crippen molar-refractivity contribution in [1.29, 1.82) is 0 Å². The van der Waals surface area contributed by atoms with Gasteiger partial charge in [0.25, 0.3) is 0 Å². The summed E-state index contributed by atoms with van der Waals surface area (Å²) in [6, 6.07) is 17.8. The van der Waals surface area contributed by atoms with E-state index < -0.39 is 0 Å². The number of ether oxygens (including phenoxy) is 2. The van der Waals surface area contributed by atoms with Gasteiger partial charge in [-0.25, -0.2) is 0 Å². The Hall–Kier alpha value is -1.46.